The van der Waals surface area contributed by atoms with Crippen LogP contribution in [0.4, 0.5) is 10.1 Å². The fourth-order valence-electron chi connectivity index (χ4n) is 3.05. The van der Waals surface area contributed by atoms with Crippen molar-refractivity contribution >= 4 is 35.6 Å². The molecule has 8 heteroatoms. The van der Waals surface area contributed by atoms with Crippen molar-refractivity contribution in [3.05, 3.63) is 60.6 Å². The number of fused-ring (bicyclic) bond motifs is 1. The topological polar surface area (TPSA) is 69.7 Å². The molecule has 6 nitrogen and oxygen atoms in total. The zero-order chi connectivity index (χ0) is 22.8. The van der Waals surface area contributed by atoms with Crippen molar-refractivity contribution in [3.63, 3.8) is 0 Å². The number of carbonyl (C=O) groups is 1. The Bertz CT molecular complexity index is 1090. The first-order valence-electron chi connectivity index (χ1n) is 10.2. The number of ether oxygens (including phenoxy) is 3. The molecule has 0 saturated carbocycles. The minimum Gasteiger partial charge on any atom is -0.493 e. The monoisotopic (exact) mass is 456 g/mol. The Morgan fingerprint density at radius 2 is 1.94 bits per heavy atom. The number of unbranched alkanes of at least 4 members (excludes halogenated alkanes) is 2. The van der Waals surface area contributed by atoms with E-state index in [0.717, 1.165) is 25.0 Å². The normalized spacial score (nSPS) is 11.0. The average molecular weight is 457 g/mol. The van der Waals surface area contributed by atoms with Crippen molar-refractivity contribution in [1.29, 1.82) is 0 Å². The minimum atomic E-state index is -0.602. The van der Waals surface area contributed by atoms with Gasteiger partial charge in [-0.25, -0.2) is 4.39 Å². The molecule has 168 valence electrons. The quantitative estimate of drug-likeness (QED) is 0.157. The van der Waals surface area contributed by atoms with Crippen LogP contribution in [0.5, 0.6) is 23.0 Å². The summed E-state index contributed by atoms with van der Waals surface area (Å²) in [5.74, 6) is 1.81. The number of thiol groups is 1. The van der Waals surface area contributed by atoms with Crippen LogP contribution in [0.15, 0.2) is 54.7 Å². The second-order valence-corrected chi connectivity index (χ2v) is 7.29. The number of anilines is 1. The summed E-state index contributed by atoms with van der Waals surface area (Å²) >= 11 is 4.20. The van der Waals surface area contributed by atoms with Gasteiger partial charge in [0.05, 0.1) is 12.6 Å². The Balaban J connectivity index is 1.79. The summed E-state index contributed by atoms with van der Waals surface area (Å²) in [6, 6.07) is 9.35. The highest BCUT2D eigenvalue weighted by atomic mass is 32.1. The molecule has 3 rings (SSSR count). The predicted octanol–water partition coefficient (Wildman–Crippen LogP) is 5.78. The van der Waals surface area contributed by atoms with E-state index in [0.29, 0.717) is 46.9 Å². The zero-order valence-electron chi connectivity index (χ0n) is 17.7. The molecule has 0 atom stereocenters. The number of hydrogen-bond donors (Lipinski definition) is 2. The second kappa shape index (κ2) is 12.0. The van der Waals surface area contributed by atoms with Gasteiger partial charge in [0.2, 0.25) is 6.41 Å². The molecule has 0 bridgehead atoms. The van der Waals surface area contributed by atoms with Crippen molar-refractivity contribution < 1.29 is 23.4 Å². The van der Waals surface area contributed by atoms with Gasteiger partial charge in [-0.1, -0.05) is 12.2 Å². The van der Waals surface area contributed by atoms with Crippen molar-refractivity contribution in [2.75, 3.05) is 24.8 Å². The molecule has 1 N–H and O–H groups in total. The number of halogens is 1. The van der Waals surface area contributed by atoms with Crippen LogP contribution in [-0.2, 0) is 4.79 Å². The number of pyridine rings is 1. The van der Waals surface area contributed by atoms with E-state index in [9.17, 15) is 9.18 Å². The number of amides is 1. The van der Waals surface area contributed by atoms with Crippen molar-refractivity contribution in [2.45, 2.75) is 19.3 Å². The van der Waals surface area contributed by atoms with E-state index in [1.807, 2.05) is 6.08 Å². The molecule has 0 fully saturated rings. The third-order valence-corrected chi connectivity index (χ3v) is 4.96. The minimum absolute atomic E-state index is 0.0243. The van der Waals surface area contributed by atoms with E-state index in [1.54, 1.807) is 37.6 Å². The first-order valence-corrected chi connectivity index (χ1v) is 10.8. The van der Waals surface area contributed by atoms with E-state index in [2.05, 4.69) is 29.0 Å². The number of aromatic nitrogens is 1. The smallest absolute Gasteiger partial charge is 0.211 e. The van der Waals surface area contributed by atoms with E-state index in [1.165, 1.54) is 12.1 Å². The molecule has 0 aliphatic carbocycles. The molecule has 1 heterocycles. The van der Waals surface area contributed by atoms with Crippen LogP contribution >= 0.6 is 12.6 Å². The van der Waals surface area contributed by atoms with Crippen LogP contribution in [-0.4, -0.2) is 30.9 Å². The molecule has 0 radical (unpaired) electrons. The number of nitrogens with zero attached hydrogens (tertiary/aromatic N) is 1. The molecule has 0 spiro atoms. The molecule has 0 unspecified atom stereocenters. The highest BCUT2D eigenvalue weighted by molar-refractivity contribution is 7.80. The van der Waals surface area contributed by atoms with Gasteiger partial charge in [-0.15, -0.1) is 0 Å². The Morgan fingerprint density at radius 3 is 2.69 bits per heavy atom. The molecule has 32 heavy (non-hydrogen) atoms. The van der Waals surface area contributed by atoms with Crippen LogP contribution in [0.1, 0.15) is 19.3 Å². The lowest BCUT2D eigenvalue weighted by Gasteiger charge is -2.14. The molecule has 0 saturated heterocycles. The average Bonchev–Trinajstić information content (AvgIpc) is 2.80. The van der Waals surface area contributed by atoms with E-state index < -0.39 is 5.82 Å². The summed E-state index contributed by atoms with van der Waals surface area (Å²) in [4.78, 5) is 14.9. The predicted molar refractivity (Wildman–Crippen MR) is 127 cm³/mol. The van der Waals surface area contributed by atoms with Crippen LogP contribution in [0.3, 0.4) is 0 Å². The van der Waals surface area contributed by atoms with Crippen molar-refractivity contribution in [3.8, 4) is 23.0 Å². The van der Waals surface area contributed by atoms with E-state index in [-0.39, 0.29) is 5.75 Å². The van der Waals surface area contributed by atoms with Gasteiger partial charge >= 0.3 is 0 Å². The molecule has 0 aliphatic heterocycles. The highest BCUT2D eigenvalue weighted by Gasteiger charge is 2.13. The fraction of sp³-hybridized carbons (Fsp3) is 0.250. The van der Waals surface area contributed by atoms with Gasteiger partial charge < -0.3 is 19.5 Å². The van der Waals surface area contributed by atoms with Crippen LogP contribution in [0.2, 0.25) is 0 Å². The maximum Gasteiger partial charge on any atom is 0.211 e. The first-order chi connectivity index (χ1) is 15.7. The van der Waals surface area contributed by atoms with Gasteiger partial charge in [0.1, 0.15) is 12.4 Å². The molecule has 1 aromatic heterocycles. The van der Waals surface area contributed by atoms with E-state index in [4.69, 9.17) is 14.2 Å². The largest absolute Gasteiger partial charge is 0.493 e. The standard InChI is InChI=1S/C24H25FN2O4S/c1-29-23-14-18-20(15-24(23)30-11-5-3-2-4-6-12-32)26-10-9-21(18)31-22-8-7-17(27-16-28)13-19(22)25/h3,5,7-10,13-16,32H,2,4,6,11-12H2,1H3,(H,27,28)/b5-3+. The highest BCUT2D eigenvalue weighted by Crippen LogP contribution is 2.37. The third kappa shape index (κ3) is 6.13. The number of allylic oxidation sites excluding steroid dienone is 1. The van der Waals surface area contributed by atoms with Gasteiger partial charge in [-0.3, -0.25) is 9.78 Å². The Morgan fingerprint density at radius 1 is 1.06 bits per heavy atom. The maximum atomic E-state index is 14.4. The number of benzene rings is 2. The first kappa shape index (κ1) is 23.4. The van der Waals surface area contributed by atoms with Gasteiger partial charge in [-0.05, 0) is 49.3 Å². The number of hydrogen-bond acceptors (Lipinski definition) is 6. The lowest BCUT2D eigenvalue weighted by molar-refractivity contribution is -0.105. The third-order valence-electron chi connectivity index (χ3n) is 4.64. The Kier molecular flexibility index (Phi) is 8.74. The van der Waals surface area contributed by atoms with Gasteiger partial charge in [-0.2, -0.15) is 12.6 Å². The molecule has 1 amide bonds. The van der Waals surface area contributed by atoms with Crippen molar-refractivity contribution in [1.82, 2.24) is 4.98 Å². The molecular weight excluding hydrogens is 431 g/mol. The molecule has 0 aliphatic rings. The van der Waals surface area contributed by atoms with Crippen LogP contribution < -0.4 is 19.5 Å². The lowest BCUT2D eigenvalue weighted by atomic mass is 10.1. The van der Waals surface area contributed by atoms with Gasteiger partial charge in [0.25, 0.3) is 0 Å². The zero-order valence-corrected chi connectivity index (χ0v) is 18.6. The Labute approximate surface area is 191 Å². The fourth-order valence-corrected chi connectivity index (χ4v) is 3.27. The number of methoxy groups -OCH3 is 1. The summed E-state index contributed by atoms with van der Waals surface area (Å²) in [6.45, 7) is 0.408. The summed E-state index contributed by atoms with van der Waals surface area (Å²) in [5, 5.41) is 3.05. The molecule has 3 aromatic rings. The SMILES string of the molecule is COc1cc2c(Oc3ccc(NC=O)cc3F)ccnc2cc1OC/C=C/CCCCS. The van der Waals surface area contributed by atoms with Crippen molar-refractivity contribution in [2.24, 2.45) is 0 Å². The van der Waals surface area contributed by atoms with Crippen LogP contribution in [0.25, 0.3) is 10.9 Å². The number of nitrogens with one attached hydrogen (secondary N) is 1. The maximum absolute atomic E-state index is 14.4. The summed E-state index contributed by atoms with van der Waals surface area (Å²) in [7, 11) is 1.55. The van der Waals surface area contributed by atoms with Gasteiger partial charge in [0, 0.05) is 29.4 Å². The summed E-state index contributed by atoms with van der Waals surface area (Å²) < 4.78 is 31.5. The Hall–Kier alpha value is -3.26. The second-order valence-electron chi connectivity index (χ2n) is 6.84. The van der Waals surface area contributed by atoms with Gasteiger partial charge in [0.15, 0.2) is 23.1 Å². The summed E-state index contributed by atoms with van der Waals surface area (Å²) in [6.07, 6.45) is 9.30. The van der Waals surface area contributed by atoms with E-state index >= 15 is 0 Å². The molecule has 2 aromatic carbocycles. The molecular formula is C24H25FN2O4S. The summed E-state index contributed by atoms with van der Waals surface area (Å²) in [5.41, 5.74) is 0.958. The lowest BCUT2D eigenvalue weighted by Crippen LogP contribution is -1.98. The number of rotatable bonds is 12. The van der Waals surface area contributed by atoms with Crippen LogP contribution in [0, 0.1) is 5.82 Å². The number of carbonyl (C=O) groups excluding carboxylic acids is 1.